The van der Waals surface area contributed by atoms with Crippen LogP contribution >= 0.6 is 31.9 Å². The summed E-state index contributed by atoms with van der Waals surface area (Å²) in [6.45, 7) is 0. The summed E-state index contributed by atoms with van der Waals surface area (Å²) >= 11 is 6.66. The molecule has 0 radical (unpaired) electrons. The van der Waals surface area contributed by atoms with E-state index in [1.165, 1.54) is 12.8 Å². The van der Waals surface area contributed by atoms with Crippen molar-refractivity contribution in [1.29, 1.82) is 0 Å². The van der Waals surface area contributed by atoms with Gasteiger partial charge in [0.05, 0.1) is 0 Å². The number of halogens is 2. The molecule has 0 fully saturated rings. The Morgan fingerprint density at radius 3 is 2.38 bits per heavy atom. The van der Waals surface area contributed by atoms with Crippen LogP contribution in [0.5, 0.6) is 0 Å². The van der Waals surface area contributed by atoms with Crippen LogP contribution in [0.2, 0.25) is 0 Å². The van der Waals surface area contributed by atoms with Gasteiger partial charge in [0.2, 0.25) is 0 Å². The standard InChI is InChI=1S/C6H10Br2/c7-5-3-1-2-4-6-8/h1,3H,2,4-6H2. The lowest BCUT2D eigenvalue weighted by atomic mass is 10.3. The van der Waals surface area contributed by atoms with Crippen LogP contribution in [0, 0.1) is 0 Å². The summed E-state index contributed by atoms with van der Waals surface area (Å²) in [6.07, 6.45) is 6.75. The van der Waals surface area contributed by atoms with Crippen LogP contribution in [0.3, 0.4) is 0 Å². The molecule has 0 rings (SSSR count). The summed E-state index contributed by atoms with van der Waals surface area (Å²) in [5.41, 5.74) is 0. The van der Waals surface area contributed by atoms with E-state index in [1.54, 1.807) is 0 Å². The molecule has 0 aromatic rings. The Morgan fingerprint density at radius 1 is 1.12 bits per heavy atom. The third-order valence-corrected chi connectivity index (χ3v) is 1.69. The largest absolute Gasteiger partial charge is 0.0928 e. The highest BCUT2D eigenvalue weighted by Gasteiger charge is 1.76. The summed E-state index contributed by atoms with van der Waals surface area (Å²) in [4.78, 5) is 0. The number of unbranched alkanes of at least 4 members (excludes halogenated alkanes) is 1. The fourth-order valence-electron chi connectivity index (χ4n) is 0.376. The van der Waals surface area contributed by atoms with Crippen LogP contribution in [-0.4, -0.2) is 10.7 Å². The van der Waals surface area contributed by atoms with E-state index >= 15 is 0 Å². The van der Waals surface area contributed by atoms with E-state index in [4.69, 9.17) is 0 Å². The molecule has 0 nitrogen and oxygen atoms in total. The van der Waals surface area contributed by atoms with Gasteiger partial charge in [-0.25, -0.2) is 0 Å². The molecule has 0 saturated heterocycles. The second kappa shape index (κ2) is 7.70. The van der Waals surface area contributed by atoms with Crippen molar-refractivity contribution in [2.75, 3.05) is 10.7 Å². The van der Waals surface area contributed by atoms with Gasteiger partial charge in [-0.3, -0.25) is 0 Å². The molecule has 0 aromatic carbocycles. The molecule has 0 N–H and O–H groups in total. The molecule has 0 unspecified atom stereocenters. The maximum absolute atomic E-state index is 3.36. The number of hydrogen-bond acceptors (Lipinski definition) is 0. The lowest BCUT2D eigenvalue weighted by Gasteiger charge is -1.84. The summed E-state index contributed by atoms with van der Waals surface area (Å²) in [6, 6.07) is 0. The average molecular weight is 242 g/mol. The number of rotatable bonds is 4. The third kappa shape index (κ3) is 6.70. The van der Waals surface area contributed by atoms with Crippen LogP contribution in [0.4, 0.5) is 0 Å². The van der Waals surface area contributed by atoms with Crippen molar-refractivity contribution in [2.45, 2.75) is 12.8 Å². The minimum atomic E-state index is 0.981. The monoisotopic (exact) mass is 240 g/mol. The second-order valence-corrected chi connectivity index (χ2v) is 2.90. The smallest absolute Gasteiger partial charge is 0.0212 e. The van der Waals surface area contributed by atoms with Gasteiger partial charge in [-0.1, -0.05) is 44.0 Å². The number of alkyl halides is 2. The molecule has 0 aliphatic heterocycles. The highest BCUT2D eigenvalue weighted by molar-refractivity contribution is 9.09. The highest BCUT2D eigenvalue weighted by atomic mass is 79.9. The maximum Gasteiger partial charge on any atom is 0.0212 e. The van der Waals surface area contributed by atoms with Gasteiger partial charge in [0.15, 0.2) is 0 Å². The first-order valence-corrected chi connectivity index (χ1v) is 4.93. The molecular weight excluding hydrogens is 232 g/mol. The van der Waals surface area contributed by atoms with Crippen molar-refractivity contribution in [3.63, 3.8) is 0 Å². The molecule has 0 bridgehead atoms. The lowest BCUT2D eigenvalue weighted by molar-refractivity contribution is 0.978. The zero-order chi connectivity index (χ0) is 6.24. The van der Waals surface area contributed by atoms with Crippen molar-refractivity contribution in [3.05, 3.63) is 12.2 Å². The Kier molecular flexibility index (Phi) is 8.37. The molecule has 8 heavy (non-hydrogen) atoms. The molecule has 0 heterocycles. The first-order chi connectivity index (χ1) is 3.91. The third-order valence-electron chi connectivity index (χ3n) is 0.760. The van der Waals surface area contributed by atoms with Crippen molar-refractivity contribution >= 4 is 31.9 Å². The van der Waals surface area contributed by atoms with Gasteiger partial charge in [-0.05, 0) is 12.8 Å². The van der Waals surface area contributed by atoms with Gasteiger partial charge < -0.3 is 0 Å². The Balaban J connectivity index is 2.80. The van der Waals surface area contributed by atoms with E-state index in [-0.39, 0.29) is 0 Å². The summed E-state index contributed by atoms with van der Waals surface area (Å²) in [5.74, 6) is 0. The zero-order valence-corrected chi connectivity index (χ0v) is 7.91. The fourth-order valence-corrected chi connectivity index (χ4v) is 0.964. The van der Waals surface area contributed by atoms with Gasteiger partial charge in [0, 0.05) is 10.7 Å². The van der Waals surface area contributed by atoms with Crippen LogP contribution in [-0.2, 0) is 0 Å². The van der Waals surface area contributed by atoms with Crippen molar-refractivity contribution in [1.82, 2.24) is 0 Å². The van der Waals surface area contributed by atoms with E-state index in [1.807, 2.05) is 0 Å². The Labute approximate surface area is 67.6 Å². The normalized spacial score (nSPS) is 10.8. The number of hydrogen-bond donors (Lipinski definition) is 0. The van der Waals surface area contributed by atoms with Crippen molar-refractivity contribution in [2.24, 2.45) is 0 Å². The predicted octanol–water partition coefficient (Wildman–Crippen LogP) is 3.11. The van der Waals surface area contributed by atoms with Crippen molar-refractivity contribution in [3.8, 4) is 0 Å². The molecule has 2 heteroatoms. The Morgan fingerprint density at radius 2 is 1.88 bits per heavy atom. The minimum absolute atomic E-state index is 0.981. The quantitative estimate of drug-likeness (QED) is 0.403. The Bertz CT molecular complexity index is 59.5. The topological polar surface area (TPSA) is 0 Å². The molecule has 0 amide bonds. The molecule has 0 atom stereocenters. The first-order valence-electron chi connectivity index (χ1n) is 2.68. The molecule has 0 aliphatic rings. The molecular formula is C6H10Br2. The minimum Gasteiger partial charge on any atom is -0.0928 e. The van der Waals surface area contributed by atoms with Gasteiger partial charge in [-0.2, -0.15) is 0 Å². The van der Waals surface area contributed by atoms with Crippen LogP contribution in [0.25, 0.3) is 0 Å². The summed E-state index contributed by atoms with van der Waals surface area (Å²) in [7, 11) is 0. The summed E-state index contributed by atoms with van der Waals surface area (Å²) in [5, 5.41) is 2.09. The highest BCUT2D eigenvalue weighted by Crippen LogP contribution is 1.95. The van der Waals surface area contributed by atoms with E-state index in [0.717, 1.165) is 10.7 Å². The molecule has 0 saturated carbocycles. The molecule has 0 aromatic heterocycles. The van der Waals surface area contributed by atoms with Crippen LogP contribution in [0.1, 0.15) is 12.8 Å². The van der Waals surface area contributed by atoms with E-state index in [0.29, 0.717) is 0 Å². The molecule has 48 valence electrons. The predicted molar refractivity (Wildman–Crippen MR) is 46.0 cm³/mol. The van der Waals surface area contributed by atoms with Crippen LogP contribution in [0.15, 0.2) is 12.2 Å². The van der Waals surface area contributed by atoms with Gasteiger partial charge in [-0.15, -0.1) is 0 Å². The van der Waals surface area contributed by atoms with E-state index in [2.05, 4.69) is 44.0 Å². The molecule has 0 aliphatic carbocycles. The lowest BCUT2D eigenvalue weighted by Crippen LogP contribution is -1.69. The zero-order valence-electron chi connectivity index (χ0n) is 4.74. The average Bonchev–Trinajstić information content (AvgIpc) is 1.81. The van der Waals surface area contributed by atoms with Gasteiger partial charge in [0.1, 0.15) is 0 Å². The molecule has 0 spiro atoms. The summed E-state index contributed by atoms with van der Waals surface area (Å²) < 4.78 is 0. The van der Waals surface area contributed by atoms with Crippen LogP contribution < -0.4 is 0 Å². The Hall–Kier alpha value is 0.700. The van der Waals surface area contributed by atoms with Gasteiger partial charge in [0.25, 0.3) is 0 Å². The first kappa shape index (κ1) is 8.70. The van der Waals surface area contributed by atoms with Crippen molar-refractivity contribution < 1.29 is 0 Å². The van der Waals surface area contributed by atoms with E-state index < -0.39 is 0 Å². The number of allylic oxidation sites excluding steroid dienone is 2. The maximum atomic E-state index is 3.36. The van der Waals surface area contributed by atoms with E-state index in [9.17, 15) is 0 Å². The fraction of sp³-hybridized carbons (Fsp3) is 0.667. The second-order valence-electron chi connectivity index (χ2n) is 1.46. The SMILES string of the molecule is BrCC=CCCCBr. The van der Waals surface area contributed by atoms with Gasteiger partial charge >= 0.3 is 0 Å².